The Morgan fingerprint density at radius 1 is 1.32 bits per heavy atom. The topological polar surface area (TPSA) is 88.8 Å². The Kier molecular flexibility index (Phi) is 2.69. The molecule has 1 saturated carbocycles. The van der Waals surface area contributed by atoms with Crippen LogP contribution in [0.4, 0.5) is 0 Å². The molecule has 1 fully saturated rings. The van der Waals surface area contributed by atoms with Crippen LogP contribution in [0.3, 0.4) is 0 Å². The van der Waals surface area contributed by atoms with E-state index in [0.29, 0.717) is 11.3 Å². The predicted octanol–water partition coefficient (Wildman–Crippen LogP) is 1.69. The molecule has 0 spiro atoms. The van der Waals surface area contributed by atoms with Crippen molar-refractivity contribution in [1.29, 1.82) is 0 Å². The first-order valence-corrected chi connectivity index (χ1v) is 8.27. The second-order valence-electron chi connectivity index (χ2n) is 5.37. The third-order valence-corrected chi connectivity index (χ3v) is 4.97. The van der Waals surface area contributed by atoms with Gasteiger partial charge in [-0.3, -0.25) is 0 Å². The van der Waals surface area contributed by atoms with E-state index in [-0.39, 0.29) is 4.90 Å². The van der Waals surface area contributed by atoms with Gasteiger partial charge in [-0.05, 0) is 25.0 Å². The molecule has 1 aliphatic rings. The fourth-order valence-corrected chi connectivity index (χ4v) is 3.62. The summed E-state index contributed by atoms with van der Waals surface area (Å²) >= 11 is 0. The molecule has 0 bridgehead atoms. The van der Waals surface area contributed by atoms with Gasteiger partial charge in [-0.1, -0.05) is 18.9 Å². The smallest absolute Gasteiger partial charge is 0.177 e. The maximum atomic E-state index is 11.8. The van der Waals surface area contributed by atoms with Gasteiger partial charge in [0, 0.05) is 6.26 Å². The second-order valence-corrected chi connectivity index (χ2v) is 7.36. The fraction of sp³-hybridized carbons (Fsp3) is 0.462. The van der Waals surface area contributed by atoms with Gasteiger partial charge >= 0.3 is 0 Å². The van der Waals surface area contributed by atoms with Crippen LogP contribution in [-0.2, 0) is 15.4 Å². The molecule has 0 saturated heterocycles. The average molecular weight is 279 g/mol. The molecule has 0 amide bonds. The number of sulfone groups is 1. The van der Waals surface area contributed by atoms with Crippen LogP contribution in [-0.4, -0.2) is 24.6 Å². The van der Waals surface area contributed by atoms with E-state index >= 15 is 0 Å². The minimum atomic E-state index is -3.28. The molecule has 0 aliphatic heterocycles. The van der Waals surface area contributed by atoms with Gasteiger partial charge in [0.2, 0.25) is 0 Å². The summed E-state index contributed by atoms with van der Waals surface area (Å²) in [5.41, 5.74) is 7.15. The number of H-pyrrole nitrogens is 1. The maximum Gasteiger partial charge on any atom is 0.177 e. The third kappa shape index (κ3) is 2.04. The van der Waals surface area contributed by atoms with Crippen LogP contribution in [0.15, 0.2) is 23.1 Å². The van der Waals surface area contributed by atoms with Crippen molar-refractivity contribution >= 4 is 20.9 Å². The minimum Gasteiger partial charge on any atom is -0.340 e. The van der Waals surface area contributed by atoms with Crippen molar-refractivity contribution in [3.63, 3.8) is 0 Å². The Hall–Kier alpha value is -1.40. The van der Waals surface area contributed by atoms with E-state index in [4.69, 9.17) is 5.73 Å². The van der Waals surface area contributed by atoms with Gasteiger partial charge < -0.3 is 10.7 Å². The van der Waals surface area contributed by atoms with E-state index in [1.54, 1.807) is 12.1 Å². The maximum absolute atomic E-state index is 11.8. The fourth-order valence-electron chi connectivity index (χ4n) is 2.78. The molecule has 1 aromatic carbocycles. The predicted molar refractivity (Wildman–Crippen MR) is 73.5 cm³/mol. The van der Waals surface area contributed by atoms with Crippen LogP contribution < -0.4 is 5.73 Å². The Morgan fingerprint density at radius 3 is 2.63 bits per heavy atom. The SMILES string of the molecule is CS(=O)(=O)c1cccc2[nH]c(C3(N)CCCC3)nc12. The summed E-state index contributed by atoms with van der Waals surface area (Å²) in [6.45, 7) is 0. The van der Waals surface area contributed by atoms with E-state index in [1.165, 1.54) is 6.26 Å². The van der Waals surface area contributed by atoms with Crippen LogP contribution in [0, 0.1) is 0 Å². The van der Waals surface area contributed by atoms with Crippen LogP contribution in [0.1, 0.15) is 31.5 Å². The number of aromatic nitrogens is 2. The number of nitrogens with two attached hydrogens (primary N) is 1. The summed E-state index contributed by atoms with van der Waals surface area (Å²) in [5.74, 6) is 0.705. The van der Waals surface area contributed by atoms with Crippen LogP contribution in [0.2, 0.25) is 0 Å². The Bertz CT molecular complexity index is 727. The van der Waals surface area contributed by atoms with Crippen molar-refractivity contribution in [3.8, 4) is 0 Å². The van der Waals surface area contributed by atoms with Gasteiger partial charge in [0.25, 0.3) is 0 Å². The van der Waals surface area contributed by atoms with Gasteiger partial charge in [-0.15, -0.1) is 0 Å². The number of nitrogens with zero attached hydrogens (tertiary/aromatic N) is 1. The molecule has 1 aromatic heterocycles. The lowest BCUT2D eigenvalue weighted by atomic mass is 9.99. The molecule has 102 valence electrons. The molecule has 19 heavy (non-hydrogen) atoms. The molecule has 0 atom stereocenters. The number of hydrogen-bond donors (Lipinski definition) is 2. The van der Waals surface area contributed by atoms with Crippen molar-refractivity contribution in [2.45, 2.75) is 36.1 Å². The number of benzene rings is 1. The Morgan fingerprint density at radius 2 is 2.00 bits per heavy atom. The summed E-state index contributed by atoms with van der Waals surface area (Å²) in [6.07, 6.45) is 5.16. The summed E-state index contributed by atoms with van der Waals surface area (Å²) < 4.78 is 23.5. The van der Waals surface area contributed by atoms with Crippen LogP contribution in [0.25, 0.3) is 11.0 Å². The van der Waals surface area contributed by atoms with E-state index in [0.717, 1.165) is 31.2 Å². The zero-order valence-electron chi connectivity index (χ0n) is 10.8. The van der Waals surface area contributed by atoms with Crippen molar-refractivity contribution in [3.05, 3.63) is 24.0 Å². The molecule has 1 heterocycles. The molecular formula is C13H17N3O2S. The van der Waals surface area contributed by atoms with E-state index in [9.17, 15) is 8.42 Å². The molecule has 0 unspecified atom stereocenters. The van der Waals surface area contributed by atoms with Gasteiger partial charge in [-0.2, -0.15) is 0 Å². The van der Waals surface area contributed by atoms with Crippen LogP contribution in [0.5, 0.6) is 0 Å². The van der Waals surface area contributed by atoms with E-state index < -0.39 is 15.4 Å². The highest BCUT2D eigenvalue weighted by Gasteiger charge is 2.34. The molecule has 1 aliphatic carbocycles. The molecule has 5 nitrogen and oxygen atoms in total. The highest BCUT2D eigenvalue weighted by atomic mass is 32.2. The first kappa shape index (κ1) is 12.6. The number of nitrogens with one attached hydrogen (secondary N) is 1. The molecular weight excluding hydrogens is 262 g/mol. The molecule has 0 radical (unpaired) electrons. The van der Waals surface area contributed by atoms with E-state index in [1.807, 2.05) is 6.07 Å². The summed E-state index contributed by atoms with van der Waals surface area (Å²) in [5, 5.41) is 0. The van der Waals surface area contributed by atoms with Crippen molar-refractivity contribution in [2.75, 3.05) is 6.26 Å². The van der Waals surface area contributed by atoms with Crippen molar-refractivity contribution in [1.82, 2.24) is 9.97 Å². The number of imidazole rings is 1. The van der Waals surface area contributed by atoms with Crippen LogP contribution >= 0.6 is 0 Å². The molecule has 3 rings (SSSR count). The minimum absolute atomic E-state index is 0.258. The first-order valence-electron chi connectivity index (χ1n) is 6.38. The number of aromatic amines is 1. The first-order chi connectivity index (χ1) is 8.90. The average Bonchev–Trinajstić information content (AvgIpc) is 2.93. The summed E-state index contributed by atoms with van der Waals surface area (Å²) in [4.78, 5) is 7.92. The summed E-state index contributed by atoms with van der Waals surface area (Å²) in [7, 11) is -3.28. The summed E-state index contributed by atoms with van der Waals surface area (Å²) in [6, 6.07) is 5.14. The second kappa shape index (κ2) is 4.05. The monoisotopic (exact) mass is 279 g/mol. The standard InChI is InChI=1S/C13H17N3O2S/c1-19(17,18)10-6-4-5-9-11(10)16-12(15-9)13(14)7-2-3-8-13/h4-6H,2-3,7-8,14H2,1H3,(H,15,16). The third-order valence-electron chi connectivity index (χ3n) is 3.84. The lowest BCUT2D eigenvalue weighted by Crippen LogP contribution is -2.34. The largest absolute Gasteiger partial charge is 0.340 e. The Balaban J connectivity index is 2.21. The highest BCUT2D eigenvalue weighted by molar-refractivity contribution is 7.91. The Labute approximate surface area is 112 Å². The van der Waals surface area contributed by atoms with Crippen molar-refractivity contribution < 1.29 is 8.42 Å². The zero-order valence-corrected chi connectivity index (χ0v) is 11.6. The molecule has 6 heteroatoms. The molecule has 3 N–H and O–H groups in total. The van der Waals surface area contributed by atoms with Gasteiger partial charge in [-0.25, -0.2) is 13.4 Å². The van der Waals surface area contributed by atoms with Crippen molar-refractivity contribution in [2.24, 2.45) is 5.73 Å². The quantitative estimate of drug-likeness (QED) is 0.875. The zero-order chi connectivity index (χ0) is 13.7. The number of rotatable bonds is 2. The molecule has 2 aromatic rings. The van der Waals surface area contributed by atoms with Gasteiger partial charge in [0.1, 0.15) is 11.3 Å². The normalized spacial score (nSPS) is 19.1. The number of fused-ring (bicyclic) bond motifs is 1. The van der Waals surface area contributed by atoms with Gasteiger partial charge in [0.15, 0.2) is 9.84 Å². The lowest BCUT2D eigenvalue weighted by Gasteiger charge is -2.20. The van der Waals surface area contributed by atoms with Gasteiger partial charge in [0.05, 0.1) is 16.0 Å². The number of para-hydroxylation sites is 1. The highest BCUT2D eigenvalue weighted by Crippen LogP contribution is 2.36. The van der Waals surface area contributed by atoms with E-state index in [2.05, 4.69) is 9.97 Å². The number of hydrogen-bond acceptors (Lipinski definition) is 4. The lowest BCUT2D eigenvalue weighted by molar-refractivity contribution is 0.437.